The minimum atomic E-state index is -0.720. The molecule has 23 heavy (non-hydrogen) atoms. The fourth-order valence-electron chi connectivity index (χ4n) is 1.85. The minimum Gasteiger partial charge on any atom is -0.481 e. The average molecular weight is 428 g/mol. The molecule has 0 unspecified atom stereocenters. The molecule has 0 aromatic rings. The Bertz CT molecular complexity index is 450. The van der Waals surface area contributed by atoms with E-state index in [2.05, 4.69) is 71.7 Å². The molecule has 0 bridgehead atoms. The number of aliphatic carboxylic acids is 1. The largest absolute Gasteiger partial charge is 0.481 e. The summed E-state index contributed by atoms with van der Waals surface area (Å²) < 4.78 is 1.26. The molecule has 0 atom stereocenters. The fourth-order valence-corrected chi connectivity index (χ4v) is 2.42. The summed E-state index contributed by atoms with van der Waals surface area (Å²) in [6.07, 6.45) is 20.1. The standard InChI is InChI=1S/C20H29IO2/c1-2-3-4-5-6-7-8-9-10-11-12-13-16-19(21)17-14-15-18-20(22)23/h6-7,12-13,17H,2-5,8,11,14-16,18H2,1H3,(H,22,23)/b7-6-,13-12-,19-17+. The zero-order valence-electron chi connectivity index (χ0n) is 14.2. The zero-order valence-corrected chi connectivity index (χ0v) is 16.3. The summed E-state index contributed by atoms with van der Waals surface area (Å²) in [5, 5.41) is 8.55. The Kier molecular flexibility index (Phi) is 16.6. The lowest BCUT2D eigenvalue weighted by Gasteiger charge is -1.94. The third-order valence-corrected chi connectivity index (χ3v) is 4.03. The molecule has 0 amide bonds. The molecule has 0 radical (unpaired) electrons. The van der Waals surface area contributed by atoms with Gasteiger partial charge in [0.25, 0.3) is 0 Å². The van der Waals surface area contributed by atoms with Crippen LogP contribution in [0.15, 0.2) is 34.0 Å². The third kappa shape index (κ3) is 18.9. The SMILES string of the molecule is CCCCC/C=C\CC#CC/C=C\C/C(I)=C\CCCC(=O)O. The first-order chi connectivity index (χ1) is 11.2. The highest BCUT2D eigenvalue weighted by molar-refractivity contribution is 14.1. The van der Waals surface area contributed by atoms with Gasteiger partial charge >= 0.3 is 5.97 Å². The highest BCUT2D eigenvalue weighted by atomic mass is 127. The van der Waals surface area contributed by atoms with Crippen LogP contribution in [0.2, 0.25) is 0 Å². The molecule has 0 saturated carbocycles. The molecule has 1 N–H and O–H groups in total. The maximum absolute atomic E-state index is 10.4. The van der Waals surface area contributed by atoms with Crippen molar-refractivity contribution in [2.75, 3.05) is 0 Å². The molecule has 0 aromatic heterocycles. The quantitative estimate of drug-likeness (QED) is 0.168. The van der Waals surface area contributed by atoms with Gasteiger partial charge in [0.05, 0.1) is 0 Å². The maximum Gasteiger partial charge on any atom is 0.303 e. The highest BCUT2D eigenvalue weighted by Crippen LogP contribution is 2.14. The van der Waals surface area contributed by atoms with E-state index in [4.69, 9.17) is 5.11 Å². The molecule has 0 aliphatic heterocycles. The van der Waals surface area contributed by atoms with Crippen LogP contribution in [-0.2, 0) is 4.79 Å². The number of allylic oxidation sites excluding steroid dienone is 6. The van der Waals surface area contributed by atoms with Crippen LogP contribution in [0, 0.1) is 11.8 Å². The van der Waals surface area contributed by atoms with Crippen LogP contribution in [0.25, 0.3) is 0 Å². The Balaban J connectivity index is 3.65. The second-order valence-corrected chi connectivity index (χ2v) is 6.73. The molecule has 0 fully saturated rings. The number of halogens is 1. The second-order valence-electron chi connectivity index (χ2n) is 5.34. The highest BCUT2D eigenvalue weighted by Gasteiger charge is 1.94. The van der Waals surface area contributed by atoms with E-state index in [1.165, 1.54) is 29.3 Å². The van der Waals surface area contributed by atoms with Crippen molar-refractivity contribution >= 4 is 28.6 Å². The molecule has 3 heteroatoms. The van der Waals surface area contributed by atoms with Crippen LogP contribution in [0.5, 0.6) is 0 Å². The van der Waals surface area contributed by atoms with E-state index < -0.39 is 5.97 Å². The average Bonchev–Trinajstić information content (AvgIpc) is 2.52. The Labute approximate surface area is 155 Å². The number of hydrogen-bond donors (Lipinski definition) is 1. The van der Waals surface area contributed by atoms with Gasteiger partial charge in [-0.1, -0.05) is 62.0 Å². The van der Waals surface area contributed by atoms with E-state index in [1.54, 1.807) is 0 Å². The van der Waals surface area contributed by atoms with Crippen molar-refractivity contribution in [1.29, 1.82) is 0 Å². The van der Waals surface area contributed by atoms with Gasteiger partial charge in [-0.3, -0.25) is 4.79 Å². The topological polar surface area (TPSA) is 37.3 Å². The number of rotatable bonds is 12. The van der Waals surface area contributed by atoms with Gasteiger partial charge in [-0.05, 0) is 58.3 Å². The maximum atomic E-state index is 10.4. The van der Waals surface area contributed by atoms with Crippen LogP contribution >= 0.6 is 22.6 Å². The van der Waals surface area contributed by atoms with Gasteiger partial charge in [-0.2, -0.15) is 0 Å². The summed E-state index contributed by atoms with van der Waals surface area (Å²) in [5.41, 5.74) is 0. The predicted molar refractivity (Wildman–Crippen MR) is 108 cm³/mol. The van der Waals surface area contributed by atoms with Gasteiger partial charge in [-0.25, -0.2) is 0 Å². The Morgan fingerprint density at radius 2 is 1.70 bits per heavy atom. The first kappa shape index (κ1) is 22.0. The van der Waals surface area contributed by atoms with Crippen LogP contribution in [-0.4, -0.2) is 11.1 Å². The normalized spacial score (nSPS) is 11.8. The summed E-state index contributed by atoms with van der Waals surface area (Å²) in [5.74, 6) is 5.59. The van der Waals surface area contributed by atoms with Gasteiger partial charge in [-0.15, -0.1) is 0 Å². The van der Waals surface area contributed by atoms with Gasteiger partial charge < -0.3 is 5.11 Å². The molecule has 0 rings (SSSR count). The second kappa shape index (κ2) is 17.3. The number of carbonyl (C=O) groups is 1. The summed E-state index contributed by atoms with van der Waals surface area (Å²) in [6.45, 7) is 2.22. The predicted octanol–water partition coefficient (Wildman–Crippen LogP) is 6.43. The molecule has 0 aromatic carbocycles. The number of carboxylic acids is 1. The molecule has 128 valence electrons. The van der Waals surface area contributed by atoms with Crippen molar-refractivity contribution in [1.82, 2.24) is 0 Å². The van der Waals surface area contributed by atoms with E-state index in [1.807, 2.05) is 0 Å². The number of unbranched alkanes of at least 4 members (excludes halogenated alkanes) is 4. The van der Waals surface area contributed by atoms with E-state index in [-0.39, 0.29) is 6.42 Å². The van der Waals surface area contributed by atoms with Crippen molar-refractivity contribution in [2.45, 2.75) is 71.1 Å². The molecule has 0 saturated heterocycles. The molecular formula is C20H29IO2. The number of hydrogen-bond acceptors (Lipinski definition) is 1. The number of carboxylic acid groups (broad SMARTS) is 1. The van der Waals surface area contributed by atoms with Crippen molar-refractivity contribution in [3.8, 4) is 11.8 Å². The van der Waals surface area contributed by atoms with Gasteiger partial charge in [0.15, 0.2) is 0 Å². The summed E-state index contributed by atoms with van der Waals surface area (Å²) in [4.78, 5) is 10.4. The monoisotopic (exact) mass is 428 g/mol. The lowest BCUT2D eigenvalue weighted by atomic mass is 10.2. The Hall–Kier alpha value is -1.02. The first-order valence-electron chi connectivity index (χ1n) is 8.48. The van der Waals surface area contributed by atoms with E-state index in [0.29, 0.717) is 6.42 Å². The molecule has 0 aliphatic carbocycles. The van der Waals surface area contributed by atoms with Gasteiger partial charge in [0.2, 0.25) is 0 Å². The van der Waals surface area contributed by atoms with Gasteiger partial charge in [0.1, 0.15) is 0 Å². The van der Waals surface area contributed by atoms with Crippen molar-refractivity contribution < 1.29 is 9.90 Å². The Morgan fingerprint density at radius 3 is 2.35 bits per heavy atom. The summed E-state index contributed by atoms with van der Waals surface area (Å²) in [6, 6.07) is 0. The lowest BCUT2D eigenvalue weighted by Crippen LogP contribution is -1.92. The van der Waals surface area contributed by atoms with Crippen LogP contribution < -0.4 is 0 Å². The van der Waals surface area contributed by atoms with Crippen molar-refractivity contribution in [2.24, 2.45) is 0 Å². The zero-order chi connectivity index (χ0) is 17.2. The third-order valence-electron chi connectivity index (χ3n) is 3.15. The summed E-state index contributed by atoms with van der Waals surface area (Å²) in [7, 11) is 0. The van der Waals surface area contributed by atoms with Crippen molar-refractivity contribution in [3.05, 3.63) is 34.0 Å². The first-order valence-corrected chi connectivity index (χ1v) is 9.56. The molecule has 0 heterocycles. The van der Waals surface area contributed by atoms with E-state index in [9.17, 15) is 4.79 Å². The van der Waals surface area contributed by atoms with Crippen LogP contribution in [0.1, 0.15) is 71.1 Å². The minimum absolute atomic E-state index is 0.249. The van der Waals surface area contributed by atoms with Crippen LogP contribution in [0.4, 0.5) is 0 Å². The fraction of sp³-hybridized carbons (Fsp3) is 0.550. The molecule has 0 aliphatic rings. The molecule has 2 nitrogen and oxygen atoms in total. The molecular weight excluding hydrogens is 399 g/mol. The van der Waals surface area contributed by atoms with Gasteiger partial charge in [0, 0.05) is 19.3 Å². The van der Waals surface area contributed by atoms with E-state index >= 15 is 0 Å². The summed E-state index contributed by atoms with van der Waals surface area (Å²) >= 11 is 2.31. The smallest absolute Gasteiger partial charge is 0.303 e. The lowest BCUT2D eigenvalue weighted by molar-refractivity contribution is -0.137. The molecule has 0 spiro atoms. The van der Waals surface area contributed by atoms with Crippen molar-refractivity contribution in [3.63, 3.8) is 0 Å². The van der Waals surface area contributed by atoms with E-state index in [0.717, 1.165) is 25.7 Å². The Morgan fingerprint density at radius 1 is 1.00 bits per heavy atom. The van der Waals surface area contributed by atoms with Crippen LogP contribution in [0.3, 0.4) is 0 Å².